The molecule has 0 spiro atoms. The van der Waals surface area contributed by atoms with E-state index >= 15 is 0 Å². The third kappa shape index (κ3) is 1.99. The Bertz CT molecular complexity index is 588. The molecule has 94 valence electrons. The number of fused-ring (bicyclic) bond motifs is 1. The van der Waals surface area contributed by atoms with Gasteiger partial charge in [-0.1, -0.05) is 18.2 Å². The van der Waals surface area contributed by atoms with Gasteiger partial charge in [0.1, 0.15) is 0 Å². The van der Waals surface area contributed by atoms with Crippen LogP contribution >= 0.6 is 0 Å². The number of hydrogen-bond donors (Lipinski definition) is 2. The highest BCUT2D eigenvalue weighted by molar-refractivity contribution is 5.83. The lowest BCUT2D eigenvalue weighted by Gasteiger charge is -2.09. The molecule has 18 heavy (non-hydrogen) atoms. The van der Waals surface area contributed by atoms with Crippen LogP contribution in [-0.4, -0.2) is 23.1 Å². The van der Waals surface area contributed by atoms with Gasteiger partial charge in [0.25, 0.3) is 0 Å². The van der Waals surface area contributed by atoms with Crippen LogP contribution in [0.5, 0.6) is 0 Å². The summed E-state index contributed by atoms with van der Waals surface area (Å²) in [6.45, 7) is 1.55. The van der Waals surface area contributed by atoms with Gasteiger partial charge in [-0.2, -0.15) is 0 Å². The van der Waals surface area contributed by atoms with Gasteiger partial charge < -0.3 is 15.2 Å². The summed E-state index contributed by atoms with van der Waals surface area (Å²) in [5.74, 6) is 0.144. The molecule has 2 aromatic rings. The fourth-order valence-corrected chi connectivity index (χ4v) is 2.57. The molecule has 1 amide bonds. The Labute approximate surface area is 106 Å². The molecule has 2 N–H and O–H groups in total. The van der Waals surface area contributed by atoms with E-state index in [0.717, 1.165) is 13.1 Å². The smallest absolute Gasteiger partial charge is 0.221 e. The number of nitrogens with one attached hydrogen (secondary N) is 2. The van der Waals surface area contributed by atoms with Crippen LogP contribution in [0.4, 0.5) is 0 Å². The number of carbonyl (C=O) groups excluding carboxylic acids is 1. The highest BCUT2D eigenvalue weighted by atomic mass is 16.1. The van der Waals surface area contributed by atoms with Gasteiger partial charge in [0, 0.05) is 49.7 Å². The molecule has 4 heteroatoms. The Morgan fingerprint density at radius 2 is 2.28 bits per heavy atom. The molecule has 4 nitrogen and oxygen atoms in total. The van der Waals surface area contributed by atoms with E-state index in [0.29, 0.717) is 6.42 Å². The number of para-hydroxylation sites is 1. The van der Waals surface area contributed by atoms with Gasteiger partial charge in [0.15, 0.2) is 0 Å². The molecule has 0 radical (unpaired) electrons. The zero-order valence-electron chi connectivity index (χ0n) is 10.4. The van der Waals surface area contributed by atoms with E-state index in [9.17, 15) is 4.79 Å². The first-order valence-corrected chi connectivity index (χ1v) is 6.27. The van der Waals surface area contributed by atoms with Crippen molar-refractivity contribution < 1.29 is 4.79 Å². The molecular weight excluding hydrogens is 226 g/mol. The highest BCUT2D eigenvalue weighted by Gasteiger charge is 2.20. The number of rotatable bonds is 3. The monoisotopic (exact) mass is 243 g/mol. The summed E-state index contributed by atoms with van der Waals surface area (Å²) in [4.78, 5) is 11.1. The average molecular weight is 243 g/mol. The molecule has 1 aromatic heterocycles. The highest BCUT2D eigenvalue weighted by Crippen LogP contribution is 2.20. The van der Waals surface area contributed by atoms with Gasteiger partial charge >= 0.3 is 0 Å². The zero-order valence-corrected chi connectivity index (χ0v) is 10.4. The number of hydrogen-bond acceptors (Lipinski definition) is 2. The normalized spacial score (nSPS) is 19.4. The third-order valence-electron chi connectivity index (χ3n) is 3.54. The number of amides is 1. The number of aryl methyl sites for hydroxylation is 1. The van der Waals surface area contributed by atoms with Crippen LogP contribution in [0, 0.1) is 0 Å². The number of nitrogens with zero attached hydrogens (tertiary/aromatic N) is 1. The first kappa shape index (κ1) is 11.3. The van der Waals surface area contributed by atoms with Crippen LogP contribution in [0.3, 0.4) is 0 Å². The molecule has 1 unspecified atom stereocenters. The molecule has 0 saturated carbocycles. The molecule has 1 atom stereocenters. The standard InChI is InChI=1S/C14H17N3O/c1-17-9-10(12-4-2-3-5-13(12)17)7-15-11-6-14(18)16-8-11/h2-5,9,11,15H,6-8H2,1H3,(H,16,18). The first-order chi connectivity index (χ1) is 8.74. The second-order valence-electron chi connectivity index (χ2n) is 4.87. The SMILES string of the molecule is Cn1cc(CNC2CNC(=O)C2)c2ccccc21. The average Bonchev–Trinajstić information content (AvgIpc) is 2.92. The fourth-order valence-electron chi connectivity index (χ4n) is 2.57. The van der Waals surface area contributed by atoms with Gasteiger partial charge in [0.2, 0.25) is 5.91 Å². The van der Waals surface area contributed by atoms with Crippen molar-refractivity contribution in [3.05, 3.63) is 36.0 Å². The van der Waals surface area contributed by atoms with Crippen molar-refractivity contribution in [3.8, 4) is 0 Å². The van der Waals surface area contributed by atoms with Crippen molar-refractivity contribution in [1.82, 2.24) is 15.2 Å². The molecule has 1 aliphatic rings. The minimum Gasteiger partial charge on any atom is -0.354 e. The number of benzene rings is 1. The van der Waals surface area contributed by atoms with Gasteiger partial charge in [-0.05, 0) is 11.6 Å². The predicted octanol–water partition coefficient (Wildman–Crippen LogP) is 1.16. The summed E-state index contributed by atoms with van der Waals surface area (Å²) in [6.07, 6.45) is 2.74. The maximum Gasteiger partial charge on any atom is 0.221 e. The zero-order chi connectivity index (χ0) is 12.5. The topological polar surface area (TPSA) is 46.1 Å². The second-order valence-corrected chi connectivity index (χ2v) is 4.87. The summed E-state index contributed by atoms with van der Waals surface area (Å²) in [5, 5.41) is 7.56. The predicted molar refractivity (Wildman–Crippen MR) is 71.2 cm³/mol. The summed E-state index contributed by atoms with van der Waals surface area (Å²) in [6, 6.07) is 8.65. The Kier molecular flexibility index (Phi) is 2.80. The van der Waals surface area contributed by atoms with Crippen LogP contribution in [0.25, 0.3) is 10.9 Å². The summed E-state index contributed by atoms with van der Waals surface area (Å²) >= 11 is 0. The molecule has 0 aliphatic carbocycles. The fraction of sp³-hybridized carbons (Fsp3) is 0.357. The quantitative estimate of drug-likeness (QED) is 0.849. The van der Waals surface area contributed by atoms with E-state index < -0.39 is 0 Å². The molecule has 1 aromatic carbocycles. The lowest BCUT2D eigenvalue weighted by atomic mass is 10.1. The molecule has 1 fully saturated rings. The lowest BCUT2D eigenvalue weighted by Crippen LogP contribution is -2.30. The van der Waals surface area contributed by atoms with E-state index in [1.165, 1.54) is 16.5 Å². The van der Waals surface area contributed by atoms with Crippen molar-refractivity contribution >= 4 is 16.8 Å². The Morgan fingerprint density at radius 1 is 1.44 bits per heavy atom. The van der Waals surface area contributed by atoms with Crippen molar-refractivity contribution in [2.24, 2.45) is 7.05 Å². The Hall–Kier alpha value is -1.81. The van der Waals surface area contributed by atoms with Crippen LogP contribution in [0.15, 0.2) is 30.5 Å². The molecule has 1 aliphatic heterocycles. The van der Waals surface area contributed by atoms with Crippen molar-refractivity contribution in [2.45, 2.75) is 19.0 Å². The first-order valence-electron chi connectivity index (χ1n) is 6.27. The van der Waals surface area contributed by atoms with E-state index in [1.54, 1.807) is 0 Å². The molecule has 1 saturated heterocycles. The van der Waals surface area contributed by atoms with Crippen LogP contribution in [0.1, 0.15) is 12.0 Å². The molecule has 0 bridgehead atoms. The number of carbonyl (C=O) groups is 1. The summed E-state index contributed by atoms with van der Waals surface area (Å²) < 4.78 is 2.14. The minimum atomic E-state index is 0.144. The minimum absolute atomic E-state index is 0.144. The van der Waals surface area contributed by atoms with Crippen LogP contribution in [0.2, 0.25) is 0 Å². The molecule has 2 heterocycles. The van der Waals surface area contributed by atoms with Gasteiger partial charge in [-0.25, -0.2) is 0 Å². The van der Waals surface area contributed by atoms with Crippen molar-refractivity contribution in [2.75, 3.05) is 6.54 Å². The summed E-state index contributed by atoms with van der Waals surface area (Å²) in [5.41, 5.74) is 2.53. The second kappa shape index (κ2) is 4.46. The largest absolute Gasteiger partial charge is 0.354 e. The Morgan fingerprint density at radius 3 is 3.06 bits per heavy atom. The Balaban J connectivity index is 1.76. The van der Waals surface area contributed by atoms with Crippen molar-refractivity contribution in [3.63, 3.8) is 0 Å². The third-order valence-corrected chi connectivity index (χ3v) is 3.54. The van der Waals surface area contributed by atoms with Crippen LogP contribution in [-0.2, 0) is 18.4 Å². The summed E-state index contributed by atoms with van der Waals surface area (Å²) in [7, 11) is 2.06. The molecule has 3 rings (SSSR count). The van der Waals surface area contributed by atoms with Crippen molar-refractivity contribution in [1.29, 1.82) is 0 Å². The van der Waals surface area contributed by atoms with Gasteiger partial charge in [0.05, 0.1) is 0 Å². The van der Waals surface area contributed by atoms with Gasteiger partial charge in [-0.15, -0.1) is 0 Å². The maximum atomic E-state index is 11.1. The number of aromatic nitrogens is 1. The van der Waals surface area contributed by atoms with Crippen LogP contribution < -0.4 is 10.6 Å². The van der Waals surface area contributed by atoms with E-state index in [1.807, 2.05) is 0 Å². The molecular formula is C14H17N3O. The van der Waals surface area contributed by atoms with E-state index in [4.69, 9.17) is 0 Å². The van der Waals surface area contributed by atoms with E-state index in [2.05, 4.69) is 52.7 Å². The van der Waals surface area contributed by atoms with E-state index in [-0.39, 0.29) is 11.9 Å². The maximum absolute atomic E-state index is 11.1. The lowest BCUT2D eigenvalue weighted by molar-refractivity contribution is -0.119. The van der Waals surface area contributed by atoms with Gasteiger partial charge in [-0.3, -0.25) is 4.79 Å².